The molecule has 0 saturated carbocycles. The molecular weight excluding hydrogens is 633 g/mol. The van der Waals surface area contributed by atoms with Crippen LogP contribution in [0.2, 0.25) is 0 Å². The van der Waals surface area contributed by atoms with E-state index in [9.17, 15) is 37.5 Å². The molecule has 0 aliphatic rings. The first-order valence-corrected chi connectivity index (χ1v) is 14.3. The lowest BCUT2D eigenvalue weighted by molar-refractivity contribution is -0.519. The summed E-state index contributed by atoms with van der Waals surface area (Å²) < 4.78 is 79.1. The molecule has 47 heavy (non-hydrogen) atoms. The van der Waals surface area contributed by atoms with E-state index < -0.39 is 78.6 Å². The van der Waals surface area contributed by atoms with E-state index in [1.54, 1.807) is 30.3 Å². The first-order chi connectivity index (χ1) is 21.7. The Labute approximate surface area is 268 Å². The van der Waals surface area contributed by atoms with Crippen molar-refractivity contribution in [2.45, 2.75) is 65.3 Å². The molecule has 2 aromatic carbocycles. The van der Waals surface area contributed by atoms with Gasteiger partial charge in [0.25, 0.3) is 17.7 Å². The zero-order valence-electron chi connectivity index (χ0n) is 26.4. The highest BCUT2D eigenvalue weighted by Gasteiger charge is 2.45. The third kappa shape index (κ3) is 11.5. The Morgan fingerprint density at radius 3 is 2.13 bits per heavy atom. The first-order valence-electron chi connectivity index (χ1n) is 14.3. The van der Waals surface area contributed by atoms with Crippen molar-refractivity contribution < 1.29 is 60.7 Å². The predicted octanol–water partition coefficient (Wildman–Crippen LogP) is 3.16. The third-order valence-electron chi connectivity index (χ3n) is 6.83. The standard InChI is InChI=1S/C32H36F5N3O7/c1-18(2)31(33,34)17-40(20(4)28(43)38-16-32(35,36)37)30(45)27(47-22(6)42)25(15-23-11-8-7-9-12-23)39-29(44)24-13-10-14-26(19(24)3)46-21(5)41/h7-14,18,25,27H,4,15-17H2,1-3,5-6H3,(H,38,43)(H,39,44)/p+1. The third-order valence-corrected chi connectivity index (χ3v) is 6.83. The number of aliphatic hydroxyl groups is 1. The summed E-state index contributed by atoms with van der Waals surface area (Å²) in [6.07, 6.45) is -7.09. The number of rotatable bonds is 14. The van der Waals surface area contributed by atoms with Gasteiger partial charge in [0.1, 0.15) is 18.0 Å². The molecule has 2 rings (SSSR count). The maximum Gasteiger partial charge on any atom is 0.405 e. The van der Waals surface area contributed by atoms with Gasteiger partial charge < -0.3 is 19.9 Å². The molecule has 2 unspecified atom stereocenters. The quantitative estimate of drug-likeness (QED) is 0.0702. The molecule has 2 amide bonds. The number of nitrogens with one attached hydrogen (secondary N) is 2. The van der Waals surface area contributed by atoms with Crippen LogP contribution in [0.4, 0.5) is 22.0 Å². The largest absolute Gasteiger partial charge is 0.460 e. The van der Waals surface area contributed by atoms with Gasteiger partial charge in [-0.15, -0.1) is 0 Å². The maximum absolute atomic E-state index is 15.1. The Morgan fingerprint density at radius 2 is 1.60 bits per heavy atom. The van der Waals surface area contributed by atoms with Gasteiger partial charge in [-0.3, -0.25) is 24.1 Å². The van der Waals surface area contributed by atoms with E-state index in [1.807, 2.05) is 0 Å². The zero-order valence-corrected chi connectivity index (χ0v) is 26.4. The molecule has 3 N–H and O–H groups in total. The van der Waals surface area contributed by atoms with Gasteiger partial charge in [0.2, 0.25) is 12.1 Å². The van der Waals surface area contributed by atoms with Crippen LogP contribution in [0.15, 0.2) is 60.8 Å². The van der Waals surface area contributed by atoms with Crippen molar-refractivity contribution in [2.75, 3.05) is 13.1 Å². The Balaban J connectivity index is 2.73. The number of esters is 2. The molecule has 2 atom stereocenters. The molecule has 10 nitrogen and oxygen atoms in total. The van der Waals surface area contributed by atoms with Gasteiger partial charge >= 0.3 is 24.0 Å². The number of carbonyl (C=O) groups is 4. The van der Waals surface area contributed by atoms with Crippen LogP contribution in [0.3, 0.4) is 0 Å². The zero-order chi connectivity index (χ0) is 35.7. The highest BCUT2D eigenvalue weighted by atomic mass is 19.4. The highest BCUT2D eigenvalue weighted by Crippen LogP contribution is 2.28. The van der Waals surface area contributed by atoms with Crippen LogP contribution in [0.5, 0.6) is 5.75 Å². The topological polar surface area (TPSA) is 136 Å². The van der Waals surface area contributed by atoms with Crippen molar-refractivity contribution in [3.8, 4) is 5.75 Å². The van der Waals surface area contributed by atoms with Crippen molar-refractivity contribution in [2.24, 2.45) is 5.92 Å². The number of hydrogen-bond donors (Lipinski definition) is 3. The van der Waals surface area contributed by atoms with E-state index in [1.165, 1.54) is 37.4 Å². The van der Waals surface area contributed by atoms with Crippen LogP contribution in [-0.4, -0.2) is 77.0 Å². The average molecular weight is 671 g/mol. The van der Waals surface area contributed by atoms with Gasteiger partial charge in [0.05, 0.1) is 12.1 Å². The molecule has 0 fully saturated rings. The van der Waals surface area contributed by atoms with Gasteiger partial charge in [-0.25, -0.2) is 13.8 Å². The normalized spacial score (nSPS) is 13.4. The van der Waals surface area contributed by atoms with E-state index in [0.717, 1.165) is 20.8 Å². The summed E-state index contributed by atoms with van der Waals surface area (Å²) >= 11 is 0. The van der Waals surface area contributed by atoms with E-state index in [2.05, 4.69) is 11.6 Å². The SMILES string of the molecule is C=C(C(=O)NCC(F)(F)F)N(CC(F)(F)C(C)C)C(=O)C(OC(C)=O)C(Cc1ccccc1)[NH+]=C(O)c1cccc(OC(C)=O)c1C. The van der Waals surface area contributed by atoms with Gasteiger partial charge in [-0.1, -0.05) is 56.8 Å². The number of ether oxygens (including phenoxy) is 2. The second-order valence-corrected chi connectivity index (χ2v) is 10.9. The fraction of sp³-hybridized carbons (Fsp3) is 0.406. The van der Waals surface area contributed by atoms with Gasteiger partial charge in [-0.2, -0.15) is 13.2 Å². The average Bonchev–Trinajstić information content (AvgIpc) is 2.97. The Hall–Kier alpha value is -4.82. The predicted molar refractivity (Wildman–Crippen MR) is 159 cm³/mol. The maximum atomic E-state index is 15.1. The minimum Gasteiger partial charge on any atom is -0.460 e. The summed E-state index contributed by atoms with van der Waals surface area (Å²) in [6, 6.07) is 11.2. The van der Waals surface area contributed by atoms with Crippen molar-refractivity contribution in [1.82, 2.24) is 10.2 Å². The number of benzene rings is 2. The Bertz CT molecular complexity index is 1490. The Morgan fingerprint density at radius 1 is 0.979 bits per heavy atom. The summed E-state index contributed by atoms with van der Waals surface area (Å²) in [5.41, 5.74) is -0.160. The lowest BCUT2D eigenvalue weighted by atomic mass is 9.99. The number of amides is 2. The lowest BCUT2D eigenvalue weighted by Gasteiger charge is -2.33. The first kappa shape index (κ1) is 38.4. The fourth-order valence-corrected chi connectivity index (χ4v) is 4.23. The lowest BCUT2D eigenvalue weighted by Crippen LogP contribution is -2.85. The molecule has 0 aliphatic carbocycles. The number of nitrogens with zero attached hydrogens (tertiary/aromatic N) is 1. The van der Waals surface area contributed by atoms with E-state index in [-0.39, 0.29) is 28.2 Å². The number of carbonyl (C=O) groups excluding carboxylic acids is 4. The Kier molecular flexibility index (Phi) is 13.2. The number of hydrogen-bond acceptors (Lipinski definition) is 6. The van der Waals surface area contributed by atoms with Crippen LogP contribution in [-0.2, 0) is 30.3 Å². The molecule has 0 spiro atoms. The van der Waals surface area contributed by atoms with E-state index in [4.69, 9.17) is 9.47 Å². The minimum atomic E-state index is -4.87. The summed E-state index contributed by atoms with van der Waals surface area (Å²) in [7, 11) is 0. The molecule has 0 bridgehead atoms. The van der Waals surface area contributed by atoms with Gasteiger partial charge in [0, 0.05) is 31.7 Å². The molecule has 0 aliphatic heterocycles. The summed E-state index contributed by atoms with van der Waals surface area (Å²) in [4.78, 5) is 53.4. The van der Waals surface area contributed by atoms with E-state index >= 15 is 8.78 Å². The van der Waals surface area contributed by atoms with Crippen LogP contribution >= 0.6 is 0 Å². The molecule has 2 aromatic rings. The monoisotopic (exact) mass is 670 g/mol. The van der Waals surface area contributed by atoms with Crippen molar-refractivity contribution in [3.05, 3.63) is 77.5 Å². The van der Waals surface area contributed by atoms with Crippen LogP contribution in [0.1, 0.15) is 44.4 Å². The summed E-state index contributed by atoms with van der Waals surface area (Å²) in [6.45, 7) is 5.83. The molecule has 0 radical (unpaired) electrons. The molecular formula is C32H37F5N3O7+. The molecule has 0 saturated heterocycles. The van der Waals surface area contributed by atoms with Crippen LogP contribution < -0.4 is 15.0 Å². The van der Waals surface area contributed by atoms with Crippen LogP contribution in [0.25, 0.3) is 0 Å². The number of halogens is 5. The highest BCUT2D eigenvalue weighted by molar-refractivity contribution is 5.98. The minimum absolute atomic E-state index is 0.0926. The van der Waals surface area contributed by atoms with E-state index in [0.29, 0.717) is 5.56 Å². The molecule has 0 aromatic heterocycles. The fourth-order valence-electron chi connectivity index (χ4n) is 4.23. The van der Waals surface area contributed by atoms with Crippen molar-refractivity contribution in [3.63, 3.8) is 0 Å². The van der Waals surface area contributed by atoms with Crippen molar-refractivity contribution in [1.29, 1.82) is 0 Å². The molecule has 15 heteroatoms. The second-order valence-electron chi connectivity index (χ2n) is 10.9. The number of alkyl halides is 5. The van der Waals surface area contributed by atoms with Crippen LogP contribution in [0, 0.1) is 12.8 Å². The number of aliphatic hydroxyl groups excluding tert-OH is 1. The molecule has 256 valence electrons. The molecule has 0 heterocycles. The van der Waals surface area contributed by atoms with Gasteiger partial charge in [-0.05, 0) is 24.6 Å². The smallest absolute Gasteiger partial charge is 0.405 e. The van der Waals surface area contributed by atoms with Gasteiger partial charge in [0.15, 0.2) is 0 Å². The summed E-state index contributed by atoms with van der Waals surface area (Å²) in [5.74, 6) is -10.3. The summed E-state index contributed by atoms with van der Waals surface area (Å²) in [5, 5.41) is 12.7. The van der Waals surface area contributed by atoms with Crippen molar-refractivity contribution >= 4 is 29.7 Å². The second kappa shape index (κ2) is 16.1.